The largest absolute Gasteiger partial charge is 0.493 e. The Morgan fingerprint density at radius 2 is 1.88 bits per heavy atom. The Balaban J connectivity index is 1.81. The van der Waals surface area contributed by atoms with Crippen LogP contribution in [0.2, 0.25) is 0 Å². The van der Waals surface area contributed by atoms with Crippen LogP contribution in [0.25, 0.3) is 0 Å². The number of carbonyl (C=O) groups excluding carboxylic acids is 2. The molecule has 1 N–H and O–H groups in total. The second-order valence-corrected chi connectivity index (χ2v) is 6.08. The lowest BCUT2D eigenvalue weighted by Crippen LogP contribution is -2.14. The predicted molar refractivity (Wildman–Crippen MR) is 99.0 cm³/mol. The van der Waals surface area contributed by atoms with Crippen LogP contribution in [0, 0.1) is 0 Å². The molecule has 0 saturated carbocycles. The minimum atomic E-state index is -0.491. The van der Waals surface area contributed by atoms with E-state index in [4.69, 9.17) is 18.6 Å². The number of hydrogen-bond donors (Lipinski definition) is 1. The van der Waals surface area contributed by atoms with E-state index >= 15 is 0 Å². The highest BCUT2D eigenvalue weighted by atomic mass is 32.2. The van der Waals surface area contributed by atoms with Gasteiger partial charge in [-0.05, 0) is 31.2 Å². The summed E-state index contributed by atoms with van der Waals surface area (Å²) in [6, 6.07) is 8.42. The fraction of sp³-hybridized carbons (Fsp3) is 0.333. The summed E-state index contributed by atoms with van der Waals surface area (Å²) >= 11 is 1.38. The van der Waals surface area contributed by atoms with Gasteiger partial charge in [-0.1, -0.05) is 0 Å². The molecule has 0 aliphatic heterocycles. The summed E-state index contributed by atoms with van der Waals surface area (Å²) in [7, 11) is 3.09. The van der Waals surface area contributed by atoms with Crippen molar-refractivity contribution in [2.45, 2.75) is 12.7 Å². The van der Waals surface area contributed by atoms with E-state index in [9.17, 15) is 9.59 Å². The van der Waals surface area contributed by atoms with Crippen LogP contribution in [0.4, 0.5) is 5.69 Å². The first-order valence-corrected chi connectivity index (χ1v) is 9.08. The molecule has 0 aliphatic rings. The number of esters is 1. The van der Waals surface area contributed by atoms with E-state index in [1.807, 2.05) is 0 Å². The highest BCUT2D eigenvalue weighted by Gasteiger charge is 2.13. The molecule has 0 spiro atoms. The van der Waals surface area contributed by atoms with Gasteiger partial charge in [0, 0.05) is 11.8 Å². The molecule has 0 saturated heterocycles. The normalized spacial score (nSPS) is 10.3. The van der Waals surface area contributed by atoms with Crippen LogP contribution in [-0.2, 0) is 15.3 Å². The summed E-state index contributed by atoms with van der Waals surface area (Å²) in [5, 5.41) is 2.79. The van der Waals surface area contributed by atoms with Crippen LogP contribution in [0.1, 0.15) is 23.2 Å². The average Bonchev–Trinajstić information content (AvgIpc) is 3.11. The molecule has 0 fully saturated rings. The van der Waals surface area contributed by atoms with Crippen molar-refractivity contribution in [2.75, 3.05) is 31.9 Å². The molecule has 0 atom stereocenters. The minimum absolute atomic E-state index is 0.153. The maximum absolute atomic E-state index is 12.0. The lowest BCUT2D eigenvalue weighted by molar-refractivity contribution is -0.113. The van der Waals surface area contributed by atoms with Crippen molar-refractivity contribution >= 4 is 29.3 Å². The lowest BCUT2D eigenvalue weighted by atomic mass is 10.2. The summed E-state index contributed by atoms with van der Waals surface area (Å²) in [4.78, 5) is 23.6. The minimum Gasteiger partial charge on any atom is -0.493 e. The van der Waals surface area contributed by atoms with Crippen molar-refractivity contribution < 1.29 is 28.2 Å². The first-order valence-electron chi connectivity index (χ1n) is 7.92. The number of rotatable bonds is 9. The zero-order valence-corrected chi connectivity index (χ0v) is 15.7. The van der Waals surface area contributed by atoms with Crippen LogP contribution >= 0.6 is 11.8 Å². The van der Waals surface area contributed by atoms with Crippen LogP contribution < -0.4 is 14.8 Å². The Labute approximate surface area is 156 Å². The molecular formula is C18H21NO6S. The van der Waals surface area contributed by atoms with Gasteiger partial charge in [-0.25, -0.2) is 4.79 Å². The molecule has 140 valence electrons. The number of anilines is 1. The second-order valence-electron chi connectivity index (χ2n) is 5.10. The average molecular weight is 379 g/mol. The van der Waals surface area contributed by atoms with Gasteiger partial charge < -0.3 is 23.9 Å². The monoisotopic (exact) mass is 379 g/mol. The summed E-state index contributed by atoms with van der Waals surface area (Å²) < 4.78 is 20.6. The van der Waals surface area contributed by atoms with E-state index in [0.717, 1.165) is 0 Å². The highest BCUT2D eigenvalue weighted by Crippen LogP contribution is 2.29. The summed E-state index contributed by atoms with van der Waals surface area (Å²) in [6.07, 6.45) is 0. The Morgan fingerprint density at radius 1 is 1.12 bits per heavy atom. The second kappa shape index (κ2) is 9.76. The molecule has 0 radical (unpaired) electrons. The topological polar surface area (TPSA) is 87.0 Å². The number of carbonyl (C=O) groups is 2. The van der Waals surface area contributed by atoms with Crippen LogP contribution in [0.5, 0.6) is 11.5 Å². The van der Waals surface area contributed by atoms with Gasteiger partial charge in [-0.3, -0.25) is 4.79 Å². The lowest BCUT2D eigenvalue weighted by Gasteiger charge is -2.10. The Kier molecular flexibility index (Phi) is 7.40. The number of thioether (sulfide) groups is 1. The molecular weight excluding hydrogens is 358 g/mol. The van der Waals surface area contributed by atoms with Gasteiger partial charge in [0.15, 0.2) is 11.5 Å². The van der Waals surface area contributed by atoms with E-state index in [0.29, 0.717) is 35.3 Å². The highest BCUT2D eigenvalue weighted by molar-refractivity contribution is 7.99. The van der Waals surface area contributed by atoms with Gasteiger partial charge in [0.2, 0.25) is 11.7 Å². The quantitative estimate of drug-likeness (QED) is 0.669. The van der Waals surface area contributed by atoms with Crippen molar-refractivity contribution in [1.29, 1.82) is 0 Å². The molecule has 2 aromatic rings. The molecule has 1 heterocycles. The van der Waals surface area contributed by atoms with Crippen molar-refractivity contribution in [3.8, 4) is 11.5 Å². The SMILES string of the molecule is CCOC(=O)c1ccc(CSCC(=O)Nc2ccc(OC)c(OC)c2)o1. The maximum Gasteiger partial charge on any atom is 0.374 e. The molecule has 0 aliphatic carbocycles. The standard InChI is InChI=1S/C18H21NO6S/c1-4-24-18(21)15-8-6-13(25-15)10-26-11-17(20)19-12-5-7-14(22-2)16(9-12)23-3/h5-9H,4,10-11H2,1-3H3,(H,19,20). The first kappa shape index (κ1) is 19.7. The van der Waals surface area contributed by atoms with Gasteiger partial charge >= 0.3 is 5.97 Å². The third-order valence-corrected chi connectivity index (χ3v) is 4.24. The molecule has 0 bridgehead atoms. The summed E-state index contributed by atoms with van der Waals surface area (Å²) in [5.41, 5.74) is 0.621. The number of nitrogens with one attached hydrogen (secondary N) is 1. The van der Waals surface area contributed by atoms with Gasteiger partial charge in [0.1, 0.15) is 5.76 Å². The smallest absolute Gasteiger partial charge is 0.374 e. The zero-order chi connectivity index (χ0) is 18.9. The van der Waals surface area contributed by atoms with Gasteiger partial charge in [-0.15, -0.1) is 11.8 Å². The molecule has 2 rings (SSSR count). The zero-order valence-electron chi connectivity index (χ0n) is 14.9. The third kappa shape index (κ3) is 5.45. The molecule has 1 aromatic heterocycles. The number of benzene rings is 1. The van der Waals surface area contributed by atoms with E-state index < -0.39 is 5.97 Å². The fourth-order valence-electron chi connectivity index (χ4n) is 2.12. The summed E-state index contributed by atoms with van der Waals surface area (Å²) in [6.45, 7) is 2.02. The molecule has 1 aromatic carbocycles. The molecule has 0 unspecified atom stereocenters. The first-order chi connectivity index (χ1) is 12.6. The van der Waals surface area contributed by atoms with Crippen molar-refractivity contribution in [3.05, 3.63) is 41.9 Å². The maximum atomic E-state index is 12.0. The number of methoxy groups -OCH3 is 2. The van der Waals surface area contributed by atoms with Gasteiger partial charge in [0.25, 0.3) is 0 Å². The van der Waals surface area contributed by atoms with Crippen molar-refractivity contribution in [3.63, 3.8) is 0 Å². The van der Waals surface area contributed by atoms with Crippen LogP contribution in [-0.4, -0.2) is 38.5 Å². The number of ether oxygens (including phenoxy) is 3. The van der Waals surface area contributed by atoms with Gasteiger partial charge in [-0.2, -0.15) is 0 Å². The Morgan fingerprint density at radius 3 is 2.58 bits per heavy atom. The van der Waals surface area contributed by atoms with Crippen LogP contribution in [0.3, 0.4) is 0 Å². The van der Waals surface area contributed by atoms with Crippen LogP contribution in [0.15, 0.2) is 34.7 Å². The number of furan rings is 1. The van der Waals surface area contributed by atoms with Gasteiger partial charge in [0.05, 0.1) is 32.3 Å². The summed E-state index contributed by atoms with van der Waals surface area (Å²) in [5.74, 6) is 1.97. The van der Waals surface area contributed by atoms with Crippen molar-refractivity contribution in [1.82, 2.24) is 0 Å². The number of hydrogen-bond acceptors (Lipinski definition) is 7. The molecule has 1 amide bonds. The molecule has 26 heavy (non-hydrogen) atoms. The molecule has 7 nitrogen and oxygen atoms in total. The Hall–Kier alpha value is -2.61. The third-order valence-electron chi connectivity index (χ3n) is 3.28. The fourth-order valence-corrected chi connectivity index (χ4v) is 2.84. The van der Waals surface area contributed by atoms with Crippen molar-refractivity contribution in [2.24, 2.45) is 0 Å². The van der Waals surface area contributed by atoms with E-state index in [2.05, 4.69) is 5.32 Å². The van der Waals surface area contributed by atoms with E-state index in [-0.39, 0.29) is 17.4 Å². The Bertz CT molecular complexity index is 758. The predicted octanol–water partition coefficient (Wildman–Crippen LogP) is 3.35. The van der Waals surface area contributed by atoms with E-state index in [1.54, 1.807) is 44.4 Å². The number of amides is 1. The van der Waals surface area contributed by atoms with E-state index in [1.165, 1.54) is 18.9 Å². The molecule has 8 heteroatoms.